The number of carbonyl (C=O) groups excluding carboxylic acids is 1. The smallest absolute Gasteiger partial charge is 0.237 e. The molecule has 4 aromatic rings. The van der Waals surface area contributed by atoms with Gasteiger partial charge in [0.2, 0.25) is 5.91 Å². The Kier molecular flexibility index (Phi) is 5.61. The van der Waals surface area contributed by atoms with E-state index in [9.17, 15) is 4.79 Å². The second kappa shape index (κ2) is 8.54. The quantitative estimate of drug-likeness (QED) is 0.404. The Morgan fingerprint density at radius 2 is 1.94 bits per heavy atom. The molecule has 4 nitrogen and oxygen atoms in total. The summed E-state index contributed by atoms with van der Waals surface area (Å²) in [6.45, 7) is 3.36. The van der Waals surface area contributed by atoms with Gasteiger partial charge in [0.25, 0.3) is 0 Å². The van der Waals surface area contributed by atoms with E-state index in [-0.39, 0.29) is 18.0 Å². The number of hydrogen-bond donors (Lipinski definition) is 0. The van der Waals surface area contributed by atoms with Crippen molar-refractivity contribution in [2.24, 2.45) is 0 Å². The number of thiophene rings is 1. The number of nitrogens with zero attached hydrogens (tertiary/aromatic N) is 3. The molecule has 1 amide bonds. The van der Waals surface area contributed by atoms with E-state index in [4.69, 9.17) is 4.98 Å². The maximum atomic E-state index is 13.3. The van der Waals surface area contributed by atoms with Gasteiger partial charge in [-0.25, -0.2) is 4.98 Å². The van der Waals surface area contributed by atoms with Gasteiger partial charge in [-0.15, -0.1) is 22.7 Å². The molecule has 158 valence electrons. The molecule has 1 aliphatic heterocycles. The highest BCUT2D eigenvalue weighted by Crippen LogP contribution is 2.38. The first kappa shape index (κ1) is 20.4. The van der Waals surface area contributed by atoms with Gasteiger partial charge in [-0.3, -0.25) is 9.69 Å². The number of amides is 1. The zero-order valence-electron chi connectivity index (χ0n) is 17.7. The lowest BCUT2D eigenvalue weighted by atomic mass is 9.93. The van der Waals surface area contributed by atoms with Crippen LogP contribution in [0.1, 0.15) is 40.0 Å². The fourth-order valence-electron chi connectivity index (χ4n) is 4.30. The molecule has 1 aliphatic rings. The predicted octanol–water partition coefficient (Wildman–Crippen LogP) is 5.52. The average molecular weight is 448 g/mol. The van der Waals surface area contributed by atoms with Gasteiger partial charge in [0.05, 0.1) is 28.8 Å². The SMILES string of the molecule is C[C@@H](c1nc2ccccc2s1)N(C)C(=O)CN1CCc2sccc2[C@H]1c1ccccc1. The van der Waals surface area contributed by atoms with E-state index in [1.807, 2.05) is 47.5 Å². The van der Waals surface area contributed by atoms with Crippen molar-refractivity contribution >= 4 is 38.8 Å². The Morgan fingerprint density at radius 1 is 1.16 bits per heavy atom. The Balaban J connectivity index is 1.37. The first-order valence-corrected chi connectivity index (χ1v) is 12.3. The fourth-order valence-corrected chi connectivity index (χ4v) is 6.27. The van der Waals surface area contributed by atoms with Crippen LogP contribution in [-0.2, 0) is 11.2 Å². The number of para-hydroxylation sites is 1. The number of aromatic nitrogens is 1. The van der Waals surface area contributed by atoms with Crippen LogP contribution >= 0.6 is 22.7 Å². The molecule has 31 heavy (non-hydrogen) atoms. The lowest BCUT2D eigenvalue weighted by Crippen LogP contribution is -2.43. The van der Waals surface area contributed by atoms with Crippen molar-refractivity contribution in [3.8, 4) is 0 Å². The van der Waals surface area contributed by atoms with Crippen molar-refractivity contribution < 1.29 is 4.79 Å². The molecule has 0 N–H and O–H groups in total. The summed E-state index contributed by atoms with van der Waals surface area (Å²) in [5, 5.41) is 3.16. The number of carbonyl (C=O) groups is 1. The number of thiazole rings is 1. The van der Waals surface area contributed by atoms with Crippen LogP contribution in [-0.4, -0.2) is 40.8 Å². The number of fused-ring (bicyclic) bond motifs is 2. The highest BCUT2D eigenvalue weighted by atomic mass is 32.1. The summed E-state index contributed by atoms with van der Waals surface area (Å²) in [5.74, 6) is 0.131. The third-order valence-electron chi connectivity index (χ3n) is 6.16. The van der Waals surface area contributed by atoms with Gasteiger partial charge in [-0.2, -0.15) is 0 Å². The molecule has 0 fully saturated rings. The molecule has 0 aliphatic carbocycles. The Labute approximate surface area is 190 Å². The third kappa shape index (κ3) is 3.91. The minimum atomic E-state index is -0.0541. The summed E-state index contributed by atoms with van der Waals surface area (Å²) in [7, 11) is 1.90. The summed E-state index contributed by atoms with van der Waals surface area (Å²) in [5.41, 5.74) is 3.59. The van der Waals surface area contributed by atoms with Crippen molar-refractivity contribution in [1.29, 1.82) is 0 Å². The van der Waals surface area contributed by atoms with Crippen LogP contribution in [0.5, 0.6) is 0 Å². The fraction of sp³-hybridized carbons (Fsp3) is 0.280. The summed E-state index contributed by atoms with van der Waals surface area (Å²) in [6.07, 6.45) is 1.00. The molecule has 0 bridgehead atoms. The normalized spacial score (nSPS) is 17.4. The van der Waals surface area contributed by atoms with Crippen molar-refractivity contribution in [2.45, 2.75) is 25.4 Å². The average Bonchev–Trinajstić information content (AvgIpc) is 3.45. The van der Waals surface area contributed by atoms with Gasteiger partial charge in [0.1, 0.15) is 5.01 Å². The first-order chi connectivity index (χ1) is 15.1. The van der Waals surface area contributed by atoms with Gasteiger partial charge in [-0.05, 0) is 48.1 Å². The monoisotopic (exact) mass is 447 g/mol. The van der Waals surface area contributed by atoms with E-state index >= 15 is 0 Å². The summed E-state index contributed by atoms with van der Waals surface area (Å²) < 4.78 is 1.16. The van der Waals surface area contributed by atoms with Crippen molar-refractivity contribution in [3.63, 3.8) is 0 Å². The van der Waals surface area contributed by atoms with Crippen LogP contribution in [0.3, 0.4) is 0 Å². The minimum Gasteiger partial charge on any atom is -0.335 e. The van der Waals surface area contributed by atoms with E-state index < -0.39 is 0 Å². The van der Waals surface area contributed by atoms with E-state index in [1.54, 1.807) is 11.3 Å². The van der Waals surface area contributed by atoms with Gasteiger partial charge in [-0.1, -0.05) is 42.5 Å². The zero-order chi connectivity index (χ0) is 21.4. The summed E-state index contributed by atoms with van der Waals surface area (Å²) in [4.78, 5) is 23.7. The molecule has 5 rings (SSSR count). The molecular weight excluding hydrogens is 422 g/mol. The van der Waals surface area contributed by atoms with E-state index in [1.165, 1.54) is 16.0 Å². The number of hydrogen-bond acceptors (Lipinski definition) is 5. The van der Waals surface area contributed by atoms with E-state index in [0.717, 1.165) is 28.2 Å². The number of likely N-dealkylation sites (N-methyl/N-ethyl adjacent to an activating group) is 1. The molecule has 6 heteroatoms. The molecule has 0 spiro atoms. The van der Waals surface area contributed by atoms with Gasteiger partial charge in [0.15, 0.2) is 0 Å². The number of benzene rings is 2. The lowest BCUT2D eigenvalue weighted by Gasteiger charge is -2.37. The number of rotatable bonds is 5. The van der Waals surface area contributed by atoms with Crippen molar-refractivity contribution in [2.75, 3.05) is 20.1 Å². The first-order valence-electron chi connectivity index (χ1n) is 10.6. The molecule has 0 saturated heterocycles. The second-order valence-electron chi connectivity index (χ2n) is 8.03. The van der Waals surface area contributed by atoms with Crippen LogP contribution in [0.4, 0.5) is 0 Å². The Hall–Kier alpha value is -2.54. The molecule has 2 atom stereocenters. The van der Waals surface area contributed by atoms with Crippen LogP contribution in [0.25, 0.3) is 10.2 Å². The van der Waals surface area contributed by atoms with Crippen LogP contribution in [0.2, 0.25) is 0 Å². The molecule has 0 unspecified atom stereocenters. The lowest BCUT2D eigenvalue weighted by molar-refractivity contribution is -0.133. The topological polar surface area (TPSA) is 36.4 Å². The summed E-state index contributed by atoms with van der Waals surface area (Å²) >= 11 is 3.50. The molecular formula is C25H25N3OS2. The molecule has 2 aromatic carbocycles. The predicted molar refractivity (Wildman–Crippen MR) is 129 cm³/mol. The second-order valence-corrected chi connectivity index (χ2v) is 10.1. The van der Waals surface area contributed by atoms with E-state index in [0.29, 0.717) is 6.54 Å². The molecule has 0 radical (unpaired) electrons. The van der Waals surface area contributed by atoms with Crippen LogP contribution in [0.15, 0.2) is 66.0 Å². The zero-order valence-corrected chi connectivity index (χ0v) is 19.3. The van der Waals surface area contributed by atoms with E-state index in [2.05, 4.69) is 53.6 Å². The Bertz CT molecular complexity index is 1170. The highest BCUT2D eigenvalue weighted by molar-refractivity contribution is 7.18. The minimum absolute atomic E-state index is 0.0541. The highest BCUT2D eigenvalue weighted by Gasteiger charge is 2.32. The molecule has 0 saturated carbocycles. The van der Waals surface area contributed by atoms with Gasteiger partial charge >= 0.3 is 0 Å². The largest absolute Gasteiger partial charge is 0.335 e. The molecule has 2 aromatic heterocycles. The maximum absolute atomic E-state index is 13.3. The standard InChI is InChI=1S/C25H25N3OS2/c1-17(25-26-20-10-6-7-11-22(20)31-25)27(2)23(29)16-28-14-12-21-19(13-15-30-21)24(28)18-8-4-3-5-9-18/h3-11,13,15,17,24H,12,14,16H2,1-2H3/t17-,24+/m0/s1. The van der Waals surface area contributed by atoms with Gasteiger partial charge < -0.3 is 4.90 Å². The molecule has 3 heterocycles. The third-order valence-corrected chi connectivity index (χ3v) is 8.36. The maximum Gasteiger partial charge on any atom is 0.237 e. The van der Waals surface area contributed by atoms with Crippen LogP contribution in [0, 0.1) is 0 Å². The van der Waals surface area contributed by atoms with Gasteiger partial charge in [0, 0.05) is 18.5 Å². The Morgan fingerprint density at radius 3 is 2.74 bits per heavy atom. The van der Waals surface area contributed by atoms with Crippen LogP contribution < -0.4 is 0 Å². The van der Waals surface area contributed by atoms with Crippen molar-refractivity contribution in [3.05, 3.63) is 87.1 Å². The van der Waals surface area contributed by atoms with Crippen molar-refractivity contribution in [1.82, 2.24) is 14.8 Å². The summed E-state index contributed by atoms with van der Waals surface area (Å²) in [6, 6.07) is 21.0.